The smallest absolute Gasteiger partial charge is 0.0200 e. The Hall–Kier alpha value is -0.0400. The topological polar surface area (TPSA) is 3.24 Å². The number of hydrogen-bond donors (Lipinski definition) is 0. The van der Waals surface area contributed by atoms with Gasteiger partial charge >= 0.3 is 0 Å². The second-order valence-electron chi connectivity index (χ2n) is 8.17. The summed E-state index contributed by atoms with van der Waals surface area (Å²) in [5.41, 5.74) is 1.67. The first-order valence-corrected chi connectivity index (χ1v) is 7.78. The van der Waals surface area contributed by atoms with Gasteiger partial charge in [-0.1, -0.05) is 13.8 Å². The Morgan fingerprint density at radius 1 is 1.12 bits per heavy atom. The van der Waals surface area contributed by atoms with E-state index in [1.54, 1.807) is 19.3 Å². The molecule has 4 saturated carbocycles. The van der Waals surface area contributed by atoms with Gasteiger partial charge in [0.1, 0.15) is 0 Å². The van der Waals surface area contributed by atoms with Crippen LogP contribution in [0.4, 0.5) is 0 Å². The Bertz CT molecular complexity index is 418. The van der Waals surface area contributed by atoms with Crippen LogP contribution < -0.4 is 0 Å². The van der Waals surface area contributed by atoms with E-state index in [0.717, 1.165) is 52.5 Å². The highest BCUT2D eigenvalue weighted by Gasteiger charge is 2.92. The van der Waals surface area contributed by atoms with Crippen LogP contribution >= 0.6 is 0 Å². The molecule has 1 nitrogen and oxygen atoms in total. The van der Waals surface area contributed by atoms with Crippen molar-refractivity contribution in [2.45, 2.75) is 52.1 Å². The minimum absolute atomic E-state index is 0.822. The molecule has 94 valence electrons. The number of likely N-dealkylation sites (tertiary alicyclic amines) is 1. The molecular formula is C16H25N. The van der Waals surface area contributed by atoms with Gasteiger partial charge in [-0.05, 0) is 73.7 Å². The highest BCUT2D eigenvalue weighted by molar-refractivity contribution is 5.41. The summed E-state index contributed by atoms with van der Waals surface area (Å²) in [6.45, 7) is 7.57. The van der Waals surface area contributed by atoms with Crippen LogP contribution in [0, 0.1) is 40.4 Å². The summed E-state index contributed by atoms with van der Waals surface area (Å²) in [7, 11) is 2.43. The molecule has 1 saturated heterocycles. The maximum Gasteiger partial charge on any atom is 0.0200 e. The Balaban J connectivity index is 1.64. The van der Waals surface area contributed by atoms with Gasteiger partial charge in [-0.3, -0.25) is 4.90 Å². The first-order chi connectivity index (χ1) is 8.07. The SMILES string of the molecule is CC1C(C)N(C)C2C3C4(CCC5C(C)C523)CC14. The predicted octanol–water partition coefficient (Wildman–Crippen LogP) is 3.01. The van der Waals surface area contributed by atoms with Crippen LogP contribution in [-0.4, -0.2) is 24.0 Å². The fourth-order valence-electron chi connectivity index (χ4n) is 7.26. The van der Waals surface area contributed by atoms with Crippen LogP contribution in [-0.2, 0) is 0 Å². The van der Waals surface area contributed by atoms with Gasteiger partial charge in [0.2, 0.25) is 0 Å². The van der Waals surface area contributed by atoms with Crippen LogP contribution in [0.3, 0.4) is 0 Å². The third-order valence-electron chi connectivity index (χ3n) is 8.38. The van der Waals surface area contributed by atoms with Gasteiger partial charge in [-0.25, -0.2) is 0 Å². The van der Waals surface area contributed by atoms with E-state index >= 15 is 0 Å². The van der Waals surface area contributed by atoms with Crippen LogP contribution in [0.2, 0.25) is 0 Å². The van der Waals surface area contributed by atoms with Crippen molar-refractivity contribution in [3.05, 3.63) is 0 Å². The summed E-state index contributed by atoms with van der Waals surface area (Å²) in [4.78, 5) is 2.80. The molecule has 0 amide bonds. The van der Waals surface area contributed by atoms with E-state index < -0.39 is 0 Å². The molecular weight excluding hydrogens is 206 g/mol. The van der Waals surface area contributed by atoms with Crippen LogP contribution in [0.5, 0.6) is 0 Å². The second kappa shape index (κ2) is 2.35. The minimum Gasteiger partial charge on any atom is -0.300 e. The van der Waals surface area contributed by atoms with E-state index in [9.17, 15) is 0 Å². The minimum atomic E-state index is 0.822. The predicted molar refractivity (Wildman–Crippen MR) is 68.5 cm³/mol. The van der Waals surface area contributed by atoms with Gasteiger partial charge in [0.25, 0.3) is 0 Å². The van der Waals surface area contributed by atoms with Crippen molar-refractivity contribution < 1.29 is 0 Å². The van der Waals surface area contributed by atoms with Crippen LogP contribution in [0.1, 0.15) is 40.0 Å². The second-order valence-corrected chi connectivity index (χ2v) is 8.17. The van der Waals surface area contributed by atoms with Crippen molar-refractivity contribution >= 4 is 0 Å². The van der Waals surface area contributed by atoms with Crippen molar-refractivity contribution in [3.8, 4) is 0 Å². The largest absolute Gasteiger partial charge is 0.300 e. The van der Waals surface area contributed by atoms with Gasteiger partial charge < -0.3 is 0 Å². The Kier molecular flexibility index (Phi) is 1.36. The normalized spacial score (nSPS) is 75.2. The maximum absolute atomic E-state index is 2.80. The Labute approximate surface area is 105 Å². The number of hydrogen-bond acceptors (Lipinski definition) is 1. The summed E-state index contributed by atoms with van der Waals surface area (Å²) in [6, 6.07) is 1.80. The zero-order valence-corrected chi connectivity index (χ0v) is 11.6. The first kappa shape index (κ1) is 9.83. The van der Waals surface area contributed by atoms with Crippen molar-refractivity contribution in [2.24, 2.45) is 40.4 Å². The van der Waals surface area contributed by atoms with E-state index in [2.05, 4.69) is 32.7 Å². The summed E-state index contributed by atoms with van der Waals surface area (Å²) < 4.78 is 0. The molecule has 5 rings (SSSR count). The molecule has 2 spiro atoms. The quantitative estimate of drug-likeness (QED) is 0.619. The summed E-state index contributed by atoms with van der Waals surface area (Å²) in [5, 5.41) is 0. The average molecular weight is 231 g/mol. The molecule has 1 heterocycles. The molecule has 9 unspecified atom stereocenters. The van der Waals surface area contributed by atoms with Crippen molar-refractivity contribution in [1.29, 1.82) is 0 Å². The number of nitrogens with zero attached hydrogens (tertiary/aromatic N) is 1. The molecule has 0 radical (unpaired) electrons. The molecule has 5 fully saturated rings. The molecule has 0 bridgehead atoms. The molecule has 5 aliphatic rings. The van der Waals surface area contributed by atoms with E-state index in [1.165, 1.54) is 0 Å². The van der Waals surface area contributed by atoms with Gasteiger partial charge in [0.05, 0.1) is 0 Å². The molecule has 1 aliphatic heterocycles. The van der Waals surface area contributed by atoms with Crippen molar-refractivity contribution in [3.63, 3.8) is 0 Å². The van der Waals surface area contributed by atoms with Gasteiger partial charge in [-0.15, -0.1) is 0 Å². The third kappa shape index (κ3) is 0.737. The lowest BCUT2D eigenvalue weighted by Gasteiger charge is -2.31. The van der Waals surface area contributed by atoms with Crippen LogP contribution in [0.25, 0.3) is 0 Å². The summed E-state index contributed by atoms with van der Waals surface area (Å²) in [5.74, 6) is 5.32. The Morgan fingerprint density at radius 3 is 2.65 bits per heavy atom. The lowest BCUT2D eigenvalue weighted by Crippen LogP contribution is -2.37. The monoisotopic (exact) mass is 231 g/mol. The standard InChI is InChI=1S/C16H25N/c1-8-10(3)17(4)14-13-15(7-12(8)15)6-5-11-9(2)16(11,13)14/h8-14H,5-7H2,1-4H3. The molecule has 0 aromatic rings. The van der Waals surface area contributed by atoms with E-state index in [4.69, 9.17) is 0 Å². The molecule has 4 aliphatic carbocycles. The Morgan fingerprint density at radius 2 is 1.88 bits per heavy atom. The lowest BCUT2D eigenvalue weighted by atomic mass is 9.80. The highest BCUT2D eigenvalue weighted by Crippen LogP contribution is 2.93. The van der Waals surface area contributed by atoms with Gasteiger partial charge in [0.15, 0.2) is 0 Å². The van der Waals surface area contributed by atoms with Crippen molar-refractivity contribution in [1.82, 2.24) is 4.90 Å². The highest BCUT2D eigenvalue weighted by atomic mass is 15.3. The lowest BCUT2D eigenvalue weighted by molar-refractivity contribution is 0.163. The fraction of sp³-hybridized carbons (Fsp3) is 1.00. The fourth-order valence-corrected chi connectivity index (χ4v) is 7.26. The van der Waals surface area contributed by atoms with E-state index in [1.807, 2.05) is 0 Å². The molecule has 17 heavy (non-hydrogen) atoms. The van der Waals surface area contributed by atoms with Crippen molar-refractivity contribution in [2.75, 3.05) is 7.05 Å². The number of rotatable bonds is 0. The third-order valence-corrected chi connectivity index (χ3v) is 8.38. The molecule has 1 heteroatoms. The van der Waals surface area contributed by atoms with Gasteiger partial charge in [0, 0.05) is 12.1 Å². The molecule has 9 atom stereocenters. The summed E-state index contributed by atoms with van der Waals surface area (Å²) >= 11 is 0. The van der Waals surface area contributed by atoms with E-state index in [-0.39, 0.29) is 0 Å². The van der Waals surface area contributed by atoms with Gasteiger partial charge in [-0.2, -0.15) is 0 Å². The van der Waals surface area contributed by atoms with Crippen LogP contribution in [0.15, 0.2) is 0 Å². The first-order valence-electron chi connectivity index (χ1n) is 7.78. The zero-order valence-electron chi connectivity index (χ0n) is 11.6. The average Bonchev–Trinajstić information content (AvgIpc) is 3.20. The summed E-state index contributed by atoms with van der Waals surface area (Å²) in [6.07, 6.45) is 4.74. The molecule has 0 N–H and O–H groups in total. The molecule has 0 aromatic carbocycles. The molecule has 0 aromatic heterocycles. The van der Waals surface area contributed by atoms with E-state index in [0.29, 0.717) is 0 Å². The zero-order chi connectivity index (χ0) is 11.7. The maximum atomic E-state index is 2.80.